The van der Waals surface area contributed by atoms with Crippen LogP contribution in [0.15, 0.2) is 116 Å². The summed E-state index contributed by atoms with van der Waals surface area (Å²) in [6.45, 7) is 6.91. The van der Waals surface area contributed by atoms with Crippen molar-refractivity contribution in [1.29, 1.82) is 0 Å². The molecule has 1 unspecified atom stereocenters. The molecule has 0 aliphatic carbocycles. The fourth-order valence-corrected chi connectivity index (χ4v) is 6.01. The summed E-state index contributed by atoms with van der Waals surface area (Å²) in [6.07, 6.45) is 11.9. The zero-order valence-electron chi connectivity index (χ0n) is 21.2. The third-order valence-corrected chi connectivity index (χ3v) is 7.67. The Bertz CT molecular complexity index is 1460. The fraction of sp³-hybridized carbons (Fsp3) is 0.206. The van der Waals surface area contributed by atoms with E-state index in [-0.39, 0.29) is 11.6 Å². The van der Waals surface area contributed by atoms with Crippen molar-refractivity contribution in [3.63, 3.8) is 0 Å². The van der Waals surface area contributed by atoms with Crippen molar-refractivity contribution in [3.05, 3.63) is 138 Å². The van der Waals surface area contributed by atoms with E-state index in [4.69, 9.17) is 4.98 Å². The zero-order chi connectivity index (χ0) is 24.7. The van der Waals surface area contributed by atoms with E-state index in [1.807, 2.05) is 6.20 Å². The summed E-state index contributed by atoms with van der Waals surface area (Å²) in [5.41, 5.74) is 9.71. The second kappa shape index (κ2) is 8.95. The van der Waals surface area contributed by atoms with Crippen LogP contribution >= 0.6 is 0 Å². The van der Waals surface area contributed by atoms with E-state index in [0.29, 0.717) is 5.92 Å². The Balaban J connectivity index is 1.59. The second-order valence-corrected chi connectivity index (χ2v) is 10.5. The van der Waals surface area contributed by atoms with Gasteiger partial charge in [-0.25, -0.2) is 0 Å². The molecule has 3 aromatic carbocycles. The van der Waals surface area contributed by atoms with Gasteiger partial charge in [-0.1, -0.05) is 92.7 Å². The number of fused-ring (bicyclic) bond motifs is 3. The van der Waals surface area contributed by atoms with Crippen molar-refractivity contribution in [2.24, 2.45) is 5.92 Å². The molecule has 3 heterocycles. The van der Waals surface area contributed by atoms with Gasteiger partial charge in [-0.05, 0) is 76.9 Å². The van der Waals surface area contributed by atoms with Gasteiger partial charge in [0.05, 0.1) is 17.3 Å². The van der Waals surface area contributed by atoms with E-state index >= 15 is 0 Å². The summed E-state index contributed by atoms with van der Waals surface area (Å²) in [6, 6.07) is 31.2. The number of rotatable bonds is 5. The SMILES string of the molecule is CC(C)Cc1ccnc(-c2cc(-c3ccccc3)ccc2[C@@]2(C)c3ccccc3C3C=CC=CN32)c1. The van der Waals surface area contributed by atoms with Crippen LogP contribution in [0.3, 0.4) is 0 Å². The zero-order valence-corrected chi connectivity index (χ0v) is 21.2. The third-order valence-electron chi connectivity index (χ3n) is 7.67. The molecule has 2 nitrogen and oxygen atoms in total. The molecule has 2 aliphatic rings. The minimum absolute atomic E-state index is 0.234. The van der Waals surface area contributed by atoms with E-state index in [1.165, 1.54) is 38.9 Å². The highest BCUT2D eigenvalue weighted by molar-refractivity contribution is 5.76. The van der Waals surface area contributed by atoms with E-state index in [2.05, 4.69) is 135 Å². The Hall–Kier alpha value is -3.91. The smallest absolute Gasteiger partial charge is 0.0892 e. The molecule has 0 saturated carbocycles. The second-order valence-electron chi connectivity index (χ2n) is 10.5. The molecule has 0 spiro atoms. The van der Waals surface area contributed by atoms with Crippen molar-refractivity contribution in [1.82, 2.24) is 9.88 Å². The maximum atomic E-state index is 4.92. The number of hydrogen-bond acceptors (Lipinski definition) is 2. The first kappa shape index (κ1) is 22.5. The van der Waals surface area contributed by atoms with Crippen molar-refractivity contribution in [2.45, 2.75) is 38.8 Å². The van der Waals surface area contributed by atoms with E-state index in [9.17, 15) is 0 Å². The average Bonchev–Trinajstić information content (AvgIpc) is 3.18. The van der Waals surface area contributed by atoms with Gasteiger partial charge >= 0.3 is 0 Å². The molecule has 6 rings (SSSR count). The van der Waals surface area contributed by atoms with Crippen molar-refractivity contribution < 1.29 is 0 Å². The Morgan fingerprint density at radius 2 is 1.64 bits per heavy atom. The monoisotopic (exact) mass is 468 g/mol. The van der Waals surface area contributed by atoms with Crippen LogP contribution in [0.5, 0.6) is 0 Å². The van der Waals surface area contributed by atoms with Crippen LogP contribution in [0, 0.1) is 5.92 Å². The normalized spacial score (nSPS) is 20.0. The van der Waals surface area contributed by atoms with Gasteiger partial charge in [0.15, 0.2) is 0 Å². The van der Waals surface area contributed by atoms with Gasteiger partial charge in [0.2, 0.25) is 0 Å². The molecule has 0 bridgehead atoms. The number of hydrogen-bond donors (Lipinski definition) is 0. The molecule has 0 radical (unpaired) electrons. The van der Waals surface area contributed by atoms with E-state index in [0.717, 1.165) is 12.1 Å². The lowest BCUT2D eigenvalue weighted by Crippen LogP contribution is -2.38. The van der Waals surface area contributed by atoms with Crippen LogP contribution in [-0.4, -0.2) is 9.88 Å². The predicted octanol–water partition coefficient (Wildman–Crippen LogP) is 8.32. The third kappa shape index (κ3) is 3.69. The standard InChI is InChI=1S/C34H32N2/c1-24(2)21-25-18-19-35-32(22-25)29-23-27(26-11-5-4-6-12-26)16-17-31(29)34(3)30-14-8-7-13-28(30)33-15-9-10-20-36(33)34/h4-20,22-24,33H,21H2,1-3H3/t33?,34-/m1/s1. The molecule has 178 valence electrons. The van der Waals surface area contributed by atoms with Gasteiger partial charge < -0.3 is 4.90 Å². The van der Waals surface area contributed by atoms with Crippen LogP contribution in [-0.2, 0) is 12.0 Å². The van der Waals surface area contributed by atoms with Crippen LogP contribution in [0.2, 0.25) is 0 Å². The highest BCUT2D eigenvalue weighted by atomic mass is 15.2. The molecular formula is C34H32N2. The molecule has 2 aliphatic heterocycles. The molecular weight excluding hydrogens is 436 g/mol. The van der Waals surface area contributed by atoms with E-state index < -0.39 is 0 Å². The van der Waals surface area contributed by atoms with E-state index in [1.54, 1.807) is 0 Å². The Morgan fingerprint density at radius 3 is 2.47 bits per heavy atom. The quantitative estimate of drug-likeness (QED) is 0.293. The highest BCUT2D eigenvalue weighted by Crippen LogP contribution is 2.53. The minimum Gasteiger partial charge on any atom is -0.354 e. The van der Waals surface area contributed by atoms with Crippen molar-refractivity contribution in [2.75, 3.05) is 0 Å². The molecule has 4 aromatic rings. The average molecular weight is 469 g/mol. The van der Waals surface area contributed by atoms with Crippen LogP contribution in [0.1, 0.15) is 49.1 Å². The molecule has 1 aromatic heterocycles. The number of pyridine rings is 1. The molecule has 0 amide bonds. The van der Waals surface area contributed by atoms with Gasteiger partial charge in [-0.3, -0.25) is 4.98 Å². The number of benzene rings is 3. The Morgan fingerprint density at radius 1 is 0.833 bits per heavy atom. The van der Waals surface area contributed by atoms with Gasteiger partial charge in [0.25, 0.3) is 0 Å². The van der Waals surface area contributed by atoms with Crippen LogP contribution < -0.4 is 0 Å². The van der Waals surface area contributed by atoms with Crippen LogP contribution in [0.4, 0.5) is 0 Å². The molecule has 0 saturated heterocycles. The molecule has 2 heteroatoms. The van der Waals surface area contributed by atoms with Gasteiger partial charge in [0.1, 0.15) is 0 Å². The summed E-state index contributed by atoms with van der Waals surface area (Å²) >= 11 is 0. The lowest BCUT2D eigenvalue weighted by atomic mass is 9.80. The lowest BCUT2D eigenvalue weighted by molar-refractivity contribution is 0.206. The summed E-state index contributed by atoms with van der Waals surface area (Å²) in [7, 11) is 0. The minimum atomic E-state index is -0.317. The summed E-state index contributed by atoms with van der Waals surface area (Å²) in [5, 5.41) is 0. The Kier molecular flexibility index (Phi) is 5.60. The summed E-state index contributed by atoms with van der Waals surface area (Å²) in [5.74, 6) is 0.598. The molecule has 36 heavy (non-hydrogen) atoms. The first-order chi connectivity index (χ1) is 17.6. The molecule has 0 N–H and O–H groups in total. The predicted molar refractivity (Wildman–Crippen MR) is 149 cm³/mol. The molecule has 2 atom stereocenters. The maximum absolute atomic E-state index is 4.92. The summed E-state index contributed by atoms with van der Waals surface area (Å²) < 4.78 is 0. The lowest BCUT2D eigenvalue weighted by Gasteiger charge is -2.40. The fourth-order valence-electron chi connectivity index (χ4n) is 6.01. The number of aromatic nitrogens is 1. The maximum Gasteiger partial charge on any atom is 0.0892 e. The van der Waals surface area contributed by atoms with Gasteiger partial charge in [0, 0.05) is 18.0 Å². The number of allylic oxidation sites excluding steroid dienone is 2. The van der Waals surface area contributed by atoms with Gasteiger partial charge in [-0.15, -0.1) is 0 Å². The van der Waals surface area contributed by atoms with Crippen molar-refractivity contribution in [3.8, 4) is 22.4 Å². The highest BCUT2D eigenvalue weighted by Gasteiger charge is 2.47. The molecule has 0 fully saturated rings. The number of nitrogens with zero attached hydrogens (tertiary/aromatic N) is 2. The first-order valence-corrected chi connectivity index (χ1v) is 12.9. The van der Waals surface area contributed by atoms with Crippen LogP contribution in [0.25, 0.3) is 22.4 Å². The topological polar surface area (TPSA) is 16.1 Å². The van der Waals surface area contributed by atoms with Gasteiger partial charge in [-0.2, -0.15) is 0 Å². The summed E-state index contributed by atoms with van der Waals surface area (Å²) in [4.78, 5) is 7.43. The van der Waals surface area contributed by atoms with Crippen molar-refractivity contribution >= 4 is 0 Å². The largest absolute Gasteiger partial charge is 0.354 e. The first-order valence-electron chi connectivity index (χ1n) is 12.9. The Labute approximate surface area is 214 Å².